The minimum atomic E-state index is -0.556. The average Bonchev–Trinajstić information content (AvgIpc) is 3.45. The third kappa shape index (κ3) is 4.84. The highest BCUT2D eigenvalue weighted by Crippen LogP contribution is 2.63. The van der Waals surface area contributed by atoms with Gasteiger partial charge in [-0.05, 0) is 93.9 Å². The molecule has 4 heteroatoms. The fourth-order valence-corrected chi connectivity index (χ4v) is 7.09. The SMILES string of the molecule is CC1(O)CCC2(CCC(=O)NC3CC3)C(NCC3CCCCC3)CC(C)(C)C2C1. The maximum Gasteiger partial charge on any atom is 0.220 e. The molecule has 0 aromatic heterocycles. The predicted octanol–water partition coefficient (Wildman–Crippen LogP) is 4.55. The van der Waals surface area contributed by atoms with Gasteiger partial charge < -0.3 is 15.7 Å². The number of amides is 1. The summed E-state index contributed by atoms with van der Waals surface area (Å²) in [6, 6.07) is 0.928. The van der Waals surface area contributed by atoms with E-state index in [1.807, 2.05) is 6.92 Å². The molecule has 4 rings (SSSR count). The predicted molar refractivity (Wildman–Crippen MR) is 118 cm³/mol. The maximum absolute atomic E-state index is 12.5. The molecule has 29 heavy (non-hydrogen) atoms. The summed E-state index contributed by atoms with van der Waals surface area (Å²) in [7, 11) is 0. The van der Waals surface area contributed by atoms with Gasteiger partial charge in [0.1, 0.15) is 0 Å². The molecule has 3 N–H and O–H groups in total. The van der Waals surface area contributed by atoms with Crippen molar-refractivity contribution in [3.63, 3.8) is 0 Å². The second-order valence-corrected chi connectivity index (χ2v) is 12.0. The molecule has 1 amide bonds. The first-order valence-electron chi connectivity index (χ1n) is 12.5. The van der Waals surface area contributed by atoms with E-state index >= 15 is 0 Å². The van der Waals surface area contributed by atoms with Gasteiger partial charge in [-0.25, -0.2) is 0 Å². The van der Waals surface area contributed by atoms with Crippen LogP contribution in [-0.4, -0.2) is 35.2 Å². The number of hydrogen-bond donors (Lipinski definition) is 3. The molecule has 4 aliphatic rings. The van der Waals surface area contributed by atoms with Crippen molar-refractivity contribution in [2.75, 3.05) is 6.54 Å². The lowest BCUT2D eigenvalue weighted by atomic mass is 9.57. The van der Waals surface area contributed by atoms with Gasteiger partial charge in [0, 0.05) is 18.5 Å². The fraction of sp³-hybridized carbons (Fsp3) is 0.960. The lowest BCUT2D eigenvalue weighted by Crippen LogP contribution is -2.52. The molecule has 0 aromatic carbocycles. The summed E-state index contributed by atoms with van der Waals surface area (Å²) in [6.45, 7) is 7.97. The van der Waals surface area contributed by atoms with Crippen LogP contribution in [0.4, 0.5) is 0 Å². The van der Waals surface area contributed by atoms with E-state index in [-0.39, 0.29) is 16.7 Å². The van der Waals surface area contributed by atoms with Crippen LogP contribution in [0.2, 0.25) is 0 Å². The van der Waals surface area contributed by atoms with E-state index in [1.165, 1.54) is 38.5 Å². The fourth-order valence-electron chi connectivity index (χ4n) is 7.09. The van der Waals surface area contributed by atoms with Gasteiger partial charge in [0.15, 0.2) is 0 Å². The summed E-state index contributed by atoms with van der Waals surface area (Å²) in [6.07, 6.45) is 14.8. The van der Waals surface area contributed by atoms with Gasteiger partial charge in [-0.15, -0.1) is 0 Å². The quantitative estimate of drug-likeness (QED) is 0.583. The van der Waals surface area contributed by atoms with E-state index in [0.717, 1.165) is 51.0 Å². The van der Waals surface area contributed by atoms with Crippen LogP contribution in [-0.2, 0) is 4.79 Å². The highest BCUT2D eigenvalue weighted by Gasteiger charge is 2.61. The second kappa shape index (κ2) is 8.15. The summed E-state index contributed by atoms with van der Waals surface area (Å²) in [5.74, 6) is 1.55. The number of carbonyl (C=O) groups excluding carboxylic acids is 1. The Hall–Kier alpha value is -0.610. The normalized spacial score (nSPS) is 39.9. The first-order valence-corrected chi connectivity index (χ1v) is 12.5. The third-order valence-corrected chi connectivity index (χ3v) is 8.97. The largest absolute Gasteiger partial charge is 0.390 e. The number of fused-ring (bicyclic) bond motifs is 1. The van der Waals surface area contributed by atoms with Crippen LogP contribution in [0.5, 0.6) is 0 Å². The molecular weight excluding hydrogens is 360 g/mol. The van der Waals surface area contributed by atoms with E-state index in [4.69, 9.17) is 0 Å². The standard InChI is InChI=1S/C25H44N2O2/c1-23(2)16-21(26-17-18-7-5-4-6-8-18)25(12-11-22(28)27-19-9-10-19)14-13-24(3,29)15-20(23)25/h18-21,26,29H,4-17H2,1-3H3,(H,27,28). The average molecular weight is 405 g/mol. The van der Waals surface area contributed by atoms with Gasteiger partial charge in [0.2, 0.25) is 5.91 Å². The number of hydrogen-bond acceptors (Lipinski definition) is 3. The molecule has 4 fully saturated rings. The Bertz CT molecular complexity index is 592. The Balaban J connectivity index is 1.48. The first kappa shape index (κ1) is 21.6. The summed E-state index contributed by atoms with van der Waals surface area (Å²) in [5.41, 5.74) is -0.192. The molecule has 0 aromatic rings. The lowest BCUT2D eigenvalue weighted by molar-refractivity contribution is -0.123. The highest BCUT2D eigenvalue weighted by molar-refractivity contribution is 5.76. The van der Waals surface area contributed by atoms with Crippen molar-refractivity contribution in [2.45, 2.75) is 122 Å². The van der Waals surface area contributed by atoms with E-state index in [1.54, 1.807) is 0 Å². The zero-order valence-corrected chi connectivity index (χ0v) is 19.1. The molecule has 4 atom stereocenters. The smallest absolute Gasteiger partial charge is 0.220 e. The van der Waals surface area contributed by atoms with Crippen molar-refractivity contribution in [1.29, 1.82) is 0 Å². The molecule has 0 spiro atoms. The number of nitrogens with one attached hydrogen (secondary N) is 2. The Morgan fingerprint density at radius 1 is 1.00 bits per heavy atom. The number of rotatable bonds is 7. The van der Waals surface area contributed by atoms with Crippen LogP contribution in [0, 0.1) is 22.7 Å². The summed E-state index contributed by atoms with van der Waals surface area (Å²) in [4.78, 5) is 12.5. The molecule has 4 nitrogen and oxygen atoms in total. The minimum Gasteiger partial charge on any atom is -0.390 e. The van der Waals surface area contributed by atoms with Crippen molar-refractivity contribution in [2.24, 2.45) is 22.7 Å². The van der Waals surface area contributed by atoms with Crippen LogP contribution < -0.4 is 10.6 Å². The molecule has 0 aliphatic heterocycles. The van der Waals surface area contributed by atoms with E-state index < -0.39 is 5.60 Å². The van der Waals surface area contributed by atoms with Crippen LogP contribution in [0.3, 0.4) is 0 Å². The van der Waals surface area contributed by atoms with Gasteiger partial charge in [0.25, 0.3) is 0 Å². The van der Waals surface area contributed by atoms with E-state index in [9.17, 15) is 9.90 Å². The Morgan fingerprint density at radius 3 is 2.41 bits per heavy atom. The van der Waals surface area contributed by atoms with Gasteiger partial charge >= 0.3 is 0 Å². The zero-order valence-electron chi connectivity index (χ0n) is 19.1. The molecule has 0 radical (unpaired) electrons. The van der Waals surface area contributed by atoms with Gasteiger partial charge in [-0.2, -0.15) is 0 Å². The second-order valence-electron chi connectivity index (χ2n) is 12.0. The summed E-state index contributed by atoms with van der Waals surface area (Å²) < 4.78 is 0. The Kier molecular flexibility index (Phi) is 6.07. The first-order chi connectivity index (χ1) is 13.7. The molecule has 166 valence electrons. The topological polar surface area (TPSA) is 61.4 Å². The third-order valence-electron chi connectivity index (χ3n) is 8.97. The van der Waals surface area contributed by atoms with Gasteiger partial charge in [0.05, 0.1) is 5.60 Å². The van der Waals surface area contributed by atoms with Crippen molar-refractivity contribution in [3.05, 3.63) is 0 Å². The van der Waals surface area contributed by atoms with E-state index in [0.29, 0.717) is 24.4 Å². The van der Waals surface area contributed by atoms with Crippen LogP contribution in [0.1, 0.15) is 104 Å². The van der Waals surface area contributed by atoms with Gasteiger partial charge in [-0.1, -0.05) is 33.1 Å². The minimum absolute atomic E-state index is 0.154. The van der Waals surface area contributed by atoms with Crippen molar-refractivity contribution in [1.82, 2.24) is 10.6 Å². The van der Waals surface area contributed by atoms with Crippen molar-refractivity contribution in [3.8, 4) is 0 Å². The molecule has 0 saturated heterocycles. The van der Waals surface area contributed by atoms with Crippen molar-refractivity contribution >= 4 is 5.91 Å². The van der Waals surface area contributed by atoms with Crippen LogP contribution in [0.15, 0.2) is 0 Å². The maximum atomic E-state index is 12.5. The van der Waals surface area contributed by atoms with Gasteiger partial charge in [-0.3, -0.25) is 4.79 Å². The molecule has 0 bridgehead atoms. The van der Waals surface area contributed by atoms with Crippen molar-refractivity contribution < 1.29 is 9.90 Å². The molecule has 0 heterocycles. The summed E-state index contributed by atoms with van der Waals surface area (Å²) >= 11 is 0. The highest BCUT2D eigenvalue weighted by atomic mass is 16.3. The lowest BCUT2D eigenvalue weighted by Gasteiger charge is -2.51. The number of aliphatic hydroxyl groups is 1. The zero-order chi connectivity index (χ0) is 20.7. The monoisotopic (exact) mass is 404 g/mol. The van der Waals surface area contributed by atoms with E-state index in [2.05, 4.69) is 24.5 Å². The van der Waals surface area contributed by atoms with Crippen LogP contribution >= 0.6 is 0 Å². The van der Waals surface area contributed by atoms with Crippen LogP contribution in [0.25, 0.3) is 0 Å². The molecule has 4 unspecified atom stereocenters. The Labute approximate surface area is 178 Å². The molecule has 4 saturated carbocycles. The Morgan fingerprint density at radius 2 is 1.72 bits per heavy atom. The molecule has 4 aliphatic carbocycles. The molecular formula is C25H44N2O2. The number of carbonyl (C=O) groups is 1. The summed E-state index contributed by atoms with van der Waals surface area (Å²) in [5, 5.41) is 18.1.